The third-order valence-electron chi connectivity index (χ3n) is 7.29. The van der Waals surface area contributed by atoms with E-state index in [2.05, 4.69) is 0 Å². The number of nitrogens with two attached hydrogens (primary N) is 1. The first-order chi connectivity index (χ1) is 19.6. The van der Waals surface area contributed by atoms with Gasteiger partial charge in [0.1, 0.15) is 17.4 Å². The zero-order valence-electron chi connectivity index (χ0n) is 25.8. The van der Waals surface area contributed by atoms with Crippen LogP contribution in [0.1, 0.15) is 73.3 Å². The molecule has 0 saturated heterocycles. The van der Waals surface area contributed by atoms with Crippen molar-refractivity contribution in [2.45, 2.75) is 85.8 Å². The van der Waals surface area contributed by atoms with Crippen LogP contribution < -0.4 is 19.9 Å². The molecule has 0 aromatic heterocycles. The fourth-order valence-electron chi connectivity index (χ4n) is 3.71. The molecule has 10 nitrogen and oxygen atoms in total. The van der Waals surface area contributed by atoms with Gasteiger partial charge in [-0.15, -0.1) is 0 Å². The second-order valence-corrected chi connectivity index (χ2v) is 11.7. The maximum absolute atomic E-state index is 13.0. The van der Waals surface area contributed by atoms with Gasteiger partial charge in [0, 0.05) is 12.8 Å². The van der Waals surface area contributed by atoms with Gasteiger partial charge < -0.3 is 29.4 Å². The monoisotopic (exact) mass is 585 g/mol. The minimum absolute atomic E-state index is 0.0160. The molecule has 0 amide bonds. The summed E-state index contributed by atoms with van der Waals surface area (Å²) in [6.45, 7) is 12.3. The van der Waals surface area contributed by atoms with Crippen LogP contribution in [0.3, 0.4) is 0 Å². The highest BCUT2D eigenvalue weighted by atomic mass is 16.7. The number of carbonyl (C=O) groups is 4. The number of hydrogen-bond acceptors (Lipinski definition) is 10. The Labute approximate surface area is 247 Å². The molecule has 2 rings (SSSR count). The topological polar surface area (TPSA) is 140 Å². The summed E-state index contributed by atoms with van der Waals surface area (Å²) in [7, 11) is 1.21. The molecule has 10 heteroatoms. The maximum atomic E-state index is 13.0. The van der Waals surface area contributed by atoms with E-state index < -0.39 is 46.5 Å². The molecule has 0 radical (unpaired) electrons. The van der Waals surface area contributed by atoms with Gasteiger partial charge in [-0.2, -0.15) is 0 Å². The van der Waals surface area contributed by atoms with Crippen molar-refractivity contribution in [2.75, 3.05) is 7.11 Å². The standard InChI is InChI=1S/C32H43NO9/c1-9-30(4,5)26(34)41-24-17-16-22(18-25(24)42-27(35)31(6,7)10-2)20-32(33,28(36)38-8)19-21(3)39-29(37)40-23-14-12-11-13-15-23/h11-18,21H,9-10,19-20,33H2,1-8H3/t21-,32?/m0/s1. The number of carbonyl (C=O) groups excluding carboxylic acids is 4. The lowest BCUT2D eigenvalue weighted by molar-refractivity contribution is -0.148. The lowest BCUT2D eigenvalue weighted by Crippen LogP contribution is -2.53. The molecule has 2 atom stereocenters. The summed E-state index contributed by atoms with van der Waals surface area (Å²) < 4.78 is 26.9. The van der Waals surface area contributed by atoms with Crippen LogP contribution in [0.2, 0.25) is 0 Å². The van der Waals surface area contributed by atoms with E-state index in [1.54, 1.807) is 71.0 Å². The first-order valence-corrected chi connectivity index (χ1v) is 13.9. The highest BCUT2D eigenvalue weighted by Gasteiger charge is 2.39. The third-order valence-corrected chi connectivity index (χ3v) is 7.29. The fourth-order valence-corrected chi connectivity index (χ4v) is 3.71. The molecular weight excluding hydrogens is 542 g/mol. The van der Waals surface area contributed by atoms with Crippen molar-refractivity contribution in [1.82, 2.24) is 0 Å². The molecular formula is C32H43NO9. The maximum Gasteiger partial charge on any atom is 0.514 e. The Hall–Kier alpha value is -3.92. The largest absolute Gasteiger partial charge is 0.514 e. The summed E-state index contributed by atoms with van der Waals surface area (Å²) in [5, 5.41) is 0. The van der Waals surface area contributed by atoms with E-state index in [1.165, 1.54) is 19.2 Å². The minimum Gasteiger partial charge on any atom is -0.468 e. The van der Waals surface area contributed by atoms with E-state index in [9.17, 15) is 19.2 Å². The van der Waals surface area contributed by atoms with Gasteiger partial charge in [-0.05, 0) is 77.3 Å². The van der Waals surface area contributed by atoms with Gasteiger partial charge in [-0.3, -0.25) is 14.4 Å². The van der Waals surface area contributed by atoms with Crippen LogP contribution in [-0.2, 0) is 30.3 Å². The Morgan fingerprint density at radius 2 is 1.33 bits per heavy atom. The third kappa shape index (κ3) is 9.30. The van der Waals surface area contributed by atoms with Gasteiger partial charge in [0.25, 0.3) is 0 Å². The molecule has 2 aromatic carbocycles. The van der Waals surface area contributed by atoms with Crippen LogP contribution in [0.4, 0.5) is 4.79 Å². The molecule has 0 spiro atoms. The summed E-state index contributed by atoms with van der Waals surface area (Å²) >= 11 is 0. The number of ether oxygens (including phenoxy) is 5. The second kappa shape index (κ2) is 14.3. The summed E-state index contributed by atoms with van der Waals surface area (Å²) in [6.07, 6.45) is -0.905. The van der Waals surface area contributed by atoms with Crippen molar-refractivity contribution >= 4 is 24.1 Å². The Kier molecular flexibility index (Phi) is 11.7. The number of benzene rings is 2. The molecule has 42 heavy (non-hydrogen) atoms. The van der Waals surface area contributed by atoms with E-state index in [0.29, 0.717) is 24.2 Å². The van der Waals surface area contributed by atoms with Gasteiger partial charge >= 0.3 is 24.1 Å². The molecule has 0 aliphatic rings. The first kappa shape index (κ1) is 34.3. The van der Waals surface area contributed by atoms with Crippen LogP contribution in [0.5, 0.6) is 17.2 Å². The second-order valence-electron chi connectivity index (χ2n) is 11.7. The Bertz CT molecular complexity index is 1260. The average molecular weight is 586 g/mol. The SMILES string of the molecule is CCC(C)(C)C(=O)Oc1ccc(CC(N)(C[C@H](C)OC(=O)Oc2ccccc2)C(=O)OC)cc1OC(=O)C(C)(C)CC. The smallest absolute Gasteiger partial charge is 0.468 e. The van der Waals surface area contributed by atoms with Crippen molar-refractivity contribution in [1.29, 1.82) is 0 Å². The number of hydrogen-bond donors (Lipinski definition) is 1. The van der Waals surface area contributed by atoms with E-state index in [0.717, 1.165) is 0 Å². The van der Waals surface area contributed by atoms with E-state index in [4.69, 9.17) is 29.4 Å². The molecule has 0 heterocycles. The zero-order chi connectivity index (χ0) is 31.7. The highest BCUT2D eigenvalue weighted by molar-refractivity contribution is 5.82. The van der Waals surface area contributed by atoms with Gasteiger partial charge in [0.05, 0.1) is 17.9 Å². The quantitative estimate of drug-likeness (QED) is 0.175. The van der Waals surface area contributed by atoms with Crippen LogP contribution in [0.25, 0.3) is 0 Å². The Balaban J connectivity index is 2.34. The predicted octanol–water partition coefficient (Wildman–Crippen LogP) is 5.78. The fraction of sp³-hybridized carbons (Fsp3) is 0.500. The first-order valence-electron chi connectivity index (χ1n) is 13.9. The summed E-state index contributed by atoms with van der Waals surface area (Å²) in [5.41, 5.74) is 3.85. The van der Waals surface area contributed by atoms with Crippen LogP contribution in [0, 0.1) is 10.8 Å². The van der Waals surface area contributed by atoms with E-state index in [1.807, 2.05) is 13.8 Å². The van der Waals surface area contributed by atoms with Crippen LogP contribution in [-0.4, -0.2) is 42.8 Å². The van der Waals surface area contributed by atoms with Crippen molar-refractivity contribution < 1.29 is 42.9 Å². The Morgan fingerprint density at radius 1 is 0.786 bits per heavy atom. The summed E-state index contributed by atoms with van der Waals surface area (Å²) in [6, 6.07) is 13.0. The molecule has 2 N–H and O–H groups in total. The molecule has 0 saturated carbocycles. The molecule has 1 unspecified atom stereocenters. The van der Waals surface area contributed by atoms with Crippen LogP contribution in [0.15, 0.2) is 48.5 Å². The van der Waals surface area contributed by atoms with Crippen molar-refractivity contribution in [3.63, 3.8) is 0 Å². The average Bonchev–Trinajstić information content (AvgIpc) is 2.93. The molecule has 230 valence electrons. The number of rotatable bonds is 13. The lowest BCUT2D eigenvalue weighted by atomic mass is 9.86. The van der Waals surface area contributed by atoms with Gasteiger partial charge in [0.2, 0.25) is 0 Å². The summed E-state index contributed by atoms with van der Waals surface area (Å²) in [4.78, 5) is 50.9. The van der Waals surface area contributed by atoms with Crippen molar-refractivity contribution in [3.05, 3.63) is 54.1 Å². The normalized spacial score (nSPS) is 13.7. The Morgan fingerprint density at radius 3 is 1.86 bits per heavy atom. The zero-order valence-corrected chi connectivity index (χ0v) is 25.8. The molecule has 0 aliphatic carbocycles. The number of esters is 3. The molecule has 0 aliphatic heterocycles. The van der Waals surface area contributed by atoms with E-state index in [-0.39, 0.29) is 24.3 Å². The van der Waals surface area contributed by atoms with Crippen LogP contribution >= 0.6 is 0 Å². The number of methoxy groups -OCH3 is 1. The van der Waals surface area contributed by atoms with Gasteiger partial charge in [0.15, 0.2) is 11.5 Å². The lowest BCUT2D eigenvalue weighted by Gasteiger charge is -2.29. The van der Waals surface area contributed by atoms with E-state index >= 15 is 0 Å². The highest BCUT2D eigenvalue weighted by Crippen LogP contribution is 2.35. The van der Waals surface area contributed by atoms with Gasteiger partial charge in [-0.1, -0.05) is 38.1 Å². The predicted molar refractivity (Wildman–Crippen MR) is 156 cm³/mol. The molecule has 0 bridgehead atoms. The summed E-state index contributed by atoms with van der Waals surface area (Å²) in [5.74, 6) is -1.35. The van der Waals surface area contributed by atoms with Crippen molar-refractivity contribution in [2.24, 2.45) is 16.6 Å². The molecule has 2 aromatic rings. The minimum atomic E-state index is -1.63. The molecule has 0 fully saturated rings. The van der Waals surface area contributed by atoms with Crippen molar-refractivity contribution in [3.8, 4) is 17.2 Å². The van der Waals surface area contributed by atoms with Gasteiger partial charge in [-0.25, -0.2) is 4.79 Å². The number of para-hydroxylation sites is 1.